The molecule has 28 heavy (non-hydrogen) atoms. The van der Waals surface area contributed by atoms with Gasteiger partial charge >= 0.3 is 0 Å². The molecule has 0 amide bonds. The van der Waals surface area contributed by atoms with Crippen molar-refractivity contribution in [2.75, 3.05) is 13.2 Å². The monoisotopic (exact) mass is 502 g/mol. The van der Waals surface area contributed by atoms with Gasteiger partial charge < -0.3 is 19.9 Å². The third-order valence-electron chi connectivity index (χ3n) is 7.05. The molecule has 1 aliphatic heterocycles. The topological polar surface area (TPSA) is 71.7 Å². The Bertz CT molecular complexity index is 669. The number of nitrogens with zero attached hydrogens (tertiary/aromatic N) is 2. The minimum Gasteiger partial charge on any atom is -0.377 e. The summed E-state index contributed by atoms with van der Waals surface area (Å²) in [6, 6.07) is 2.56. The van der Waals surface area contributed by atoms with Crippen molar-refractivity contribution in [1.29, 1.82) is 0 Å². The molecule has 1 saturated heterocycles. The first-order valence-electron chi connectivity index (χ1n) is 10.8. The van der Waals surface area contributed by atoms with Crippen LogP contribution in [0, 0.1) is 11.3 Å². The second-order valence-electron chi connectivity index (χ2n) is 8.38. The number of halogens is 1. The van der Waals surface area contributed by atoms with Crippen molar-refractivity contribution < 1.29 is 9.26 Å². The molecule has 3 aliphatic rings. The van der Waals surface area contributed by atoms with Gasteiger partial charge in [-0.05, 0) is 39.0 Å². The van der Waals surface area contributed by atoms with Gasteiger partial charge in [-0.3, -0.25) is 0 Å². The molecule has 158 valence electrons. The molecule has 1 spiro atoms. The molecule has 1 aromatic rings. The Hall–Kier alpha value is -0.830. The summed E-state index contributed by atoms with van der Waals surface area (Å²) in [5.41, 5.74) is 1.41. The molecule has 2 saturated carbocycles. The third-order valence-corrected chi connectivity index (χ3v) is 7.05. The molecule has 3 atom stereocenters. The van der Waals surface area contributed by atoms with E-state index in [-0.39, 0.29) is 24.0 Å². The van der Waals surface area contributed by atoms with E-state index in [1.165, 1.54) is 25.7 Å². The van der Waals surface area contributed by atoms with Crippen LogP contribution in [-0.4, -0.2) is 36.4 Å². The van der Waals surface area contributed by atoms with Crippen LogP contribution in [0.3, 0.4) is 0 Å². The highest BCUT2D eigenvalue weighted by molar-refractivity contribution is 14.0. The Morgan fingerprint density at radius 1 is 1.32 bits per heavy atom. The average Bonchev–Trinajstić information content (AvgIpc) is 3.26. The van der Waals surface area contributed by atoms with E-state index in [2.05, 4.69) is 42.6 Å². The zero-order valence-electron chi connectivity index (χ0n) is 17.4. The Labute approximate surface area is 185 Å². The van der Waals surface area contributed by atoms with Crippen molar-refractivity contribution >= 4 is 29.9 Å². The fourth-order valence-corrected chi connectivity index (χ4v) is 5.38. The van der Waals surface area contributed by atoms with Crippen LogP contribution in [-0.2, 0) is 11.3 Å². The highest BCUT2D eigenvalue weighted by Crippen LogP contribution is 2.62. The number of guanidine groups is 1. The number of hydrogen-bond donors (Lipinski definition) is 2. The molecule has 3 unspecified atom stereocenters. The van der Waals surface area contributed by atoms with Crippen LogP contribution in [0.2, 0.25) is 0 Å². The average molecular weight is 502 g/mol. The number of aromatic nitrogens is 1. The highest BCUT2D eigenvalue weighted by Gasteiger charge is 2.66. The van der Waals surface area contributed by atoms with Gasteiger partial charge in [-0.15, -0.1) is 24.0 Å². The van der Waals surface area contributed by atoms with Crippen LogP contribution in [0.4, 0.5) is 0 Å². The van der Waals surface area contributed by atoms with E-state index in [4.69, 9.17) is 14.3 Å². The third kappa shape index (κ3) is 3.80. The Kier molecular flexibility index (Phi) is 7.28. The summed E-state index contributed by atoms with van der Waals surface area (Å²) in [6.07, 6.45) is 7.72. The lowest BCUT2D eigenvalue weighted by Gasteiger charge is -2.63. The minimum absolute atomic E-state index is 0. The van der Waals surface area contributed by atoms with Gasteiger partial charge in [-0.1, -0.05) is 25.4 Å². The summed E-state index contributed by atoms with van der Waals surface area (Å²) in [7, 11) is 0. The molecular weight excluding hydrogens is 467 g/mol. The van der Waals surface area contributed by atoms with Gasteiger partial charge in [0, 0.05) is 42.5 Å². The lowest BCUT2D eigenvalue weighted by atomic mass is 9.46. The minimum atomic E-state index is 0. The summed E-state index contributed by atoms with van der Waals surface area (Å²) in [5, 5.41) is 11.4. The summed E-state index contributed by atoms with van der Waals surface area (Å²) in [6.45, 7) is 8.79. The standard InChI is InChI=1S/C21H34N4O2.HI/c1-4-14(5-2)17-12-15(27-25-17)13-23-20(22-6-3)24-18-16-8-11-26-19(16)21(18)9-7-10-21;/h12,14,16,18-19H,4-11,13H2,1-3H3,(H2,22,23,24);1H. The van der Waals surface area contributed by atoms with E-state index >= 15 is 0 Å². The van der Waals surface area contributed by atoms with Crippen LogP contribution in [0.25, 0.3) is 0 Å². The fourth-order valence-electron chi connectivity index (χ4n) is 5.38. The van der Waals surface area contributed by atoms with E-state index in [1.807, 2.05) is 0 Å². The van der Waals surface area contributed by atoms with Gasteiger partial charge in [-0.25, -0.2) is 4.99 Å². The number of fused-ring (bicyclic) bond motifs is 2. The van der Waals surface area contributed by atoms with E-state index in [9.17, 15) is 0 Å². The molecule has 0 aromatic carbocycles. The van der Waals surface area contributed by atoms with Crippen molar-refractivity contribution in [3.05, 3.63) is 17.5 Å². The molecule has 4 rings (SSSR count). The number of hydrogen-bond acceptors (Lipinski definition) is 4. The molecular formula is C21H35IN4O2. The first-order valence-corrected chi connectivity index (χ1v) is 10.8. The molecule has 1 aromatic heterocycles. The van der Waals surface area contributed by atoms with Crippen LogP contribution in [0.1, 0.15) is 76.7 Å². The first kappa shape index (κ1) is 21.9. The van der Waals surface area contributed by atoms with E-state index in [1.54, 1.807) is 0 Å². The van der Waals surface area contributed by atoms with Crippen LogP contribution in [0.15, 0.2) is 15.6 Å². The second kappa shape index (κ2) is 9.32. The number of rotatable bonds is 7. The van der Waals surface area contributed by atoms with Crippen molar-refractivity contribution in [3.63, 3.8) is 0 Å². The largest absolute Gasteiger partial charge is 0.377 e. The predicted octanol–water partition coefficient (Wildman–Crippen LogP) is 4.21. The maximum Gasteiger partial charge on any atom is 0.191 e. The molecule has 3 fully saturated rings. The molecule has 7 heteroatoms. The molecule has 2 heterocycles. The first-order chi connectivity index (χ1) is 13.2. The van der Waals surface area contributed by atoms with Gasteiger partial charge in [0.2, 0.25) is 0 Å². The normalized spacial score (nSPS) is 27.7. The van der Waals surface area contributed by atoms with Gasteiger partial charge in [0.1, 0.15) is 6.54 Å². The van der Waals surface area contributed by atoms with E-state index < -0.39 is 0 Å². The summed E-state index contributed by atoms with van der Waals surface area (Å²) >= 11 is 0. The van der Waals surface area contributed by atoms with Gasteiger partial charge in [0.05, 0.1) is 11.8 Å². The molecule has 0 bridgehead atoms. The maximum absolute atomic E-state index is 6.03. The Morgan fingerprint density at radius 2 is 2.11 bits per heavy atom. The summed E-state index contributed by atoms with van der Waals surface area (Å²) in [5.74, 6) is 2.84. The van der Waals surface area contributed by atoms with Crippen LogP contribution < -0.4 is 10.6 Å². The number of ether oxygens (including phenoxy) is 1. The Balaban J connectivity index is 0.00000225. The predicted molar refractivity (Wildman–Crippen MR) is 121 cm³/mol. The highest BCUT2D eigenvalue weighted by atomic mass is 127. The lowest BCUT2D eigenvalue weighted by Crippen LogP contribution is -2.72. The summed E-state index contributed by atoms with van der Waals surface area (Å²) in [4.78, 5) is 4.79. The Morgan fingerprint density at radius 3 is 2.75 bits per heavy atom. The van der Waals surface area contributed by atoms with Crippen LogP contribution >= 0.6 is 24.0 Å². The zero-order chi connectivity index (χ0) is 18.9. The zero-order valence-corrected chi connectivity index (χ0v) is 19.7. The van der Waals surface area contributed by atoms with E-state index in [0.29, 0.717) is 35.9 Å². The van der Waals surface area contributed by atoms with Crippen molar-refractivity contribution in [3.8, 4) is 0 Å². The quantitative estimate of drug-likeness (QED) is 0.332. The van der Waals surface area contributed by atoms with Crippen molar-refractivity contribution in [2.45, 2.75) is 83.9 Å². The fraction of sp³-hybridized carbons (Fsp3) is 0.810. The molecule has 2 aliphatic carbocycles. The molecule has 2 N–H and O–H groups in total. The van der Waals surface area contributed by atoms with E-state index in [0.717, 1.165) is 43.4 Å². The number of aliphatic imine (C=N–C) groups is 1. The summed E-state index contributed by atoms with van der Waals surface area (Å²) < 4.78 is 11.6. The van der Waals surface area contributed by atoms with Gasteiger partial charge in [-0.2, -0.15) is 0 Å². The SMILES string of the molecule is CCNC(=NCc1cc(C(CC)CC)no1)NC1C2CCOC2C12CCC2.I. The van der Waals surface area contributed by atoms with Crippen LogP contribution in [0.5, 0.6) is 0 Å². The number of nitrogens with one attached hydrogen (secondary N) is 2. The molecule has 0 radical (unpaired) electrons. The molecule has 6 nitrogen and oxygen atoms in total. The lowest BCUT2D eigenvalue weighted by molar-refractivity contribution is -0.171. The van der Waals surface area contributed by atoms with Gasteiger partial charge in [0.15, 0.2) is 11.7 Å². The second-order valence-corrected chi connectivity index (χ2v) is 8.38. The van der Waals surface area contributed by atoms with Gasteiger partial charge in [0.25, 0.3) is 0 Å². The van der Waals surface area contributed by atoms with Crippen molar-refractivity contribution in [2.24, 2.45) is 16.3 Å². The maximum atomic E-state index is 6.03. The smallest absolute Gasteiger partial charge is 0.191 e. The van der Waals surface area contributed by atoms with Crippen molar-refractivity contribution in [1.82, 2.24) is 15.8 Å².